The number of fused-ring (bicyclic) bond motifs is 1. The van der Waals surface area contributed by atoms with Gasteiger partial charge in [0.1, 0.15) is 0 Å². The van der Waals surface area contributed by atoms with Crippen LogP contribution in [0.3, 0.4) is 0 Å². The molecule has 7 nitrogen and oxygen atoms in total. The molecule has 0 unspecified atom stereocenters. The summed E-state index contributed by atoms with van der Waals surface area (Å²) in [5, 5.41) is 19.4. The molecule has 20 heavy (non-hydrogen) atoms. The van der Waals surface area contributed by atoms with Gasteiger partial charge in [0.15, 0.2) is 5.58 Å². The van der Waals surface area contributed by atoms with E-state index in [0.29, 0.717) is 17.6 Å². The van der Waals surface area contributed by atoms with E-state index >= 15 is 0 Å². The lowest BCUT2D eigenvalue weighted by molar-refractivity contribution is -0.384. The van der Waals surface area contributed by atoms with E-state index < -0.39 is 10.7 Å². The number of oxazole rings is 1. The van der Waals surface area contributed by atoms with Crippen molar-refractivity contribution in [2.24, 2.45) is 0 Å². The quantitative estimate of drug-likeness (QED) is 0.475. The number of hydrogen-bond acceptors (Lipinski definition) is 5. The van der Waals surface area contributed by atoms with Crippen molar-refractivity contribution in [1.29, 1.82) is 0 Å². The van der Waals surface area contributed by atoms with Crippen LogP contribution in [0.1, 0.15) is 25.7 Å². The first-order valence-corrected chi connectivity index (χ1v) is 6.52. The van der Waals surface area contributed by atoms with Crippen LogP contribution in [-0.4, -0.2) is 21.2 Å². The van der Waals surface area contributed by atoms with Gasteiger partial charge in [-0.3, -0.25) is 14.7 Å². The number of rotatable bonds is 7. The maximum atomic E-state index is 11.7. The number of aliphatic hydroxyl groups is 1. The molecule has 0 spiro atoms. The van der Waals surface area contributed by atoms with Crippen LogP contribution in [0.5, 0.6) is 0 Å². The Bertz CT molecular complexity index is 658. The molecule has 108 valence electrons. The molecule has 0 amide bonds. The third-order valence-corrected chi connectivity index (χ3v) is 3.15. The van der Waals surface area contributed by atoms with Gasteiger partial charge in [-0.1, -0.05) is 12.8 Å². The van der Waals surface area contributed by atoms with Gasteiger partial charge in [-0.25, -0.2) is 4.79 Å². The average molecular weight is 280 g/mol. The molecule has 0 bridgehead atoms. The van der Waals surface area contributed by atoms with Crippen molar-refractivity contribution in [2.75, 3.05) is 6.61 Å². The summed E-state index contributed by atoms with van der Waals surface area (Å²) in [6.45, 7) is 0.624. The molecule has 7 heteroatoms. The van der Waals surface area contributed by atoms with Gasteiger partial charge in [-0.2, -0.15) is 0 Å². The zero-order valence-corrected chi connectivity index (χ0v) is 10.9. The molecule has 0 aliphatic heterocycles. The van der Waals surface area contributed by atoms with Gasteiger partial charge >= 0.3 is 5.76 Å². The molecule has 0 saturated heterocycles. The lowest BCUT2D eigenvalue weighted by Crippen LogP contribution is -2.14. The maximum absolute atomic E-state index is 11.7. The van der Waals surface area contributed by atoms with Crippen LogP contribution >= 0.6 is 0 Å². The summed E-state index contributed by atoms with van der Waals surface area (Å²) < 4.78 is 6.47. The highest BCUT2D eigenvalue weighted by Crippen LogP contribution is 2.20. The van der Waals surface area contributed by atoms with E-state index in [1.807, 2.05) is 0 Å². The fourth-order valence-corrected chi connectivity index (χ4v) is 2.11. The molecule has 1 heterocycles. The first-order chi connectivity index (χ1) is 9.63. The van der Waals surface area contributed by atoms with Crippen LogP contribution in [0.25, 0.3) is 11.1 Å². The molecule has 2 rings (SSSR count). The smallest absolute Gasteiger partial charge is 0.408 e. The standard InChI is InChI=1S/C13H16N2O5/c16-8-4-2-1-3-7-14-11-9-10(15(18)19)5-6-12(11)20-13(14)17/h5-6,9,16H,1-4,7-8H2. The summed E-state index contributed by atoms with van der Waals surface area (Å²) in [7, 11) is 0. The number of aromatic nitrogens is 1. The summed E-state index contributed by atoms with van der Waals surface area (Å²) in [6, 6.07) is 4.11. The Morgan fingerprint density at radius 1 is 1.25 bits per heavy atom. The molecule has 0 atom stereocenters. The second kappa shape index (κ2) is 6.33. The third kappa shape index (κ3) is 3.05. The van der Waals surface area contributed by atoms with E-state index in [2.05, 4.69) is 0 Å². The van der Waals surface area contributed by atoms with E-state index in [1.165, 1.54) is 22.8 Å². The fraction of sp³-hybridized carbons (Fsp3) is 0.462. The van der Waals surface area contributed by atoms with Crippen LogP contribution in [0.15, 0.2) is 27.4 Å². The summed E-state index contributed by atoms with van der Waals surface area (Å²) in [4.78, 5) is 22.0. The number of aryl methyl sites for hydroxylation is 1. The monoisotopic (exact) mass is 280 g/mol. The SMILES string of the molecule is O=c1oc2ccc([N+](=O)[O-])cc2n1CCCCCCO. The number of aliphatic hydroxyl groups excluding tert-OH is 1. The largest absolute Gasteiger partial charge is 0.419 e. The Kier molecular flexibility index (Phi) is 4.52. The molecule has 1 N–H and O–H groups in total. The average Bonchev–Trinajstić information content (AvgIpc) is 2.73. The summed E-state index contributed by atoms with van der Waals surface area (Å²) in [6.07, 6.45) is 3.28. The van der Waals surface area contributed by atoms with Crippen molar-refractivity contribution in [2.45, 2.75) is 32.2 Å². The number of non-ortho nitro benzene ring substituents is 1. The highest BCUT2D eigenvalue weighted by molar-refractivity contribution is 5.75. The Labute approximate surface area is 114 Å². The van der Waals surface area contributed by atoms with Crippen molar-refractivity contribution in [3.05, 3.63) is 38.9 Å². The van der Waals surface area contributed by atoms with Gasteiger partial charge < -0.3 is 9.52 Å². The number of benzene rings is 1. The van der Waals surface area contributed by atoms with Crippen LogP contribution in [0.4, 0.5) is 5.69 Å². The van der Waals surface area contributed by atoms with Crippen molar-refractivity contribution in [3.8, 4) is 0 Å². The molecule has 0 aliphatic rings. The first kappa shape index (κ1) is 14.3. The minimum Gasteiger partial charge on any atom is -0.408 e. The fourth-order valence-electron chi connectivity index (χ4n) is 2.11. The number of unbranched alkanes of at least 4 members (excludes halogenated alkanes) is 3. The number of nitro groups is 1. The molecule has 1 aromatic carbocycles. The van der Waals surface area contributed by atoms with Crippen molar-refractivity contribution >= 4 is 16.8 Å². The third-order valence-electron chi connectivity index (χ3n) is 3.15. The van der Waals surface area contributed by atoms with Gasteiger partial charge in [0.05, 0.1) is 10.4 Å². The topological polar surface area (TPSA) is 98.5 Å². The Balaban J connectivity index is 2.18. The Morgan fingerprint density at radius 2 is 2.00 bits per heavy atom. The van der Waals surface area contributed by atoms with Gasteiger partial charge in [0.2, 0.25) is 0 Å². The van der Waals surface area contributed by atoms with Crippen molar-refractivity contribution in [1.82, 2.24) is 4.57 Å². The predicted octanol–water partition coefficient (Wildman–Crippen LogP) is 2.06. The normalized spacial score (nSPS) is 11.1. The zero-order valence-electron chi connectivity index (χ0n) is 10.9. The van der Waals surface area contributed by atoms with Gasteiger partial charge in [0, 0.05) is 25.3 Å². The van der Waals surface area contributed by atoms with Gasteiger partial charge in [-0.15, -0.1) is 0 Å². The summed E-state index contributed by atoms with van der Waals surface area (Å²) >= 11 is 0. The second-order valence-corrected chi connectivity index (χ2v) is 4.57. The zero-order chi connectivity index (χ0) is 14.5. The summed E-state index contributed by atoms with van der Waals surface area (Å²) in [5.41, 5.74) is 0.745. The highest BCUT2D eigenvalue weighted by Gasteiger charge is 2.13. The van der Waals surface area contributed by atoms with Crippen LogP contribution in [0, 0.1) is 10.1 Å². The molecular weight excluding hydrogens is 264 g/mol. The summed E-state index contributed by atoms with van der Waals surface area (Å²) in [5.74, 6) is -0.498. The lowest BCUT2D eigenvalue weighted by Gasteiger charge is -2.02. The Hall–Kier alpha value is -2.15. The molecule has 1 aromatic heterocycles. The van der Waals surface area contributed by atoms with E-state index in [0.717, 1.165) is 25.7 Å². The molecule has 0 fully saturated rings. The number of nitro benzene ring substituents is 1. The number of hydrogen-bond donors (Lipinski definition) is 1. The van der Waals surface area contributed by atoms with E-state index in [-0.39, 0.29) is 12.3 Å². The molecule has 0 saturated carbocycles. The van der Waals surface area contributed by atoms with E-state index in [4.69, 9.17) is 9.52 Å². The predicted molar refractivity (Wildman–Crippen MR) is 72.7 cm³/mol. The minimum atomic E-state index is -0.498. The van der Waals surface area contributed by atoms with Crippen LogP contribution in [0.2, 0.25) is 0 Å². The van der Waals surface area contributed by atoms with E-state index in [1.54, 1.807) is 0 Å². The van der Waals surface area contributed by atoms with Crippen LogP contribution in [-0.2, 0) is 6.54 Å². The number of nitrogens with zero attached hydrogens (tertiary/aromatic N) is 2. The van der Waals surface area contributed by atoms with Crippen LogP contribution < -0.4 is 5.76 Å². The maximum Gasteiger partial charge on any atom is 0.419 e. The highest BCUT2D eigenvalue weighted by atomic mass is 16.6. The minimum absolute atomic E-state index is 0.0627. The molecule has 0 aliphatic carbocycles. The Morgan fingerprint density at radius 3 is 2.70 bits per heavy atom. The van der Waals surface area contributed by atoms with Crippen molar-refractivity contribution in [3.63, 3.8) is 0 Å². The molecule has 0 radical (unpaired) electrons. The molecule has 2 aromatic rings. The second-order valence-electron chi connectivity index (χ2n) is 4.57. The van der Waals surface area contributed by atoms with E-state index in [9.17, 15) is 14.9 Å². The van der Waals surface area contributed by atoms with Crippen molar-refractivity contribution < 1.29 is 14.4 Å². The lowest BCUT2D eigenvalue weighted by atomic mass is 10.2. The first-order valence-electron chi connectivity index (χ1n) is 6.52. The van der Waals surface area contributed by atoms with Gasteiger partial charge in [-0.05, 0) is 18.9 Å². The van der Waals surface area contributed by atoms with Gasteiger partial charge in [0.25, 0.3) is 5.69 Å². The molecular formula is C13H16N2O5.